The zero-order valence-electron chi connectivity index (χ0n) is 15.6. The summed E-state index contributed by atoms with van der Waals surface area (Å²) in [4.78, 5) is 18.9. The Hall–Kier alpha value is -3.00. The van der Waals surface area contributed by atoms with Crippen molar-refractivity contribution < 1.29 is 9.21 Å². The van der Waals surface area contributed by atoms with Gasteiger partial charge in [0.25, 0.3) is 0 Å². The van der Waals surface area contributed by atoms with Crippen LogP contribution < -0.4 is 11.1 Å². The van der Waals surface area contributed by atoms with Gasteiger partial charge in [-0.05, 0) is 49.9 Å². The van der Waals surface area contributed by atoms with Gasteiger partial charge in [0.1, 0.15) is 0 Å². The van der Waals surface area contributed by atoms with Gasteiger partial charge >= 0.3 is 6.03 Å². The van der Waals surface area contributed by atoms with E-state index in [1.807, 2.05) is 36.1 Å². The van der Waals surface area contributed by atoms with E-state index in [4.69, 9.17) is 10.2 Å². The van der Waals surface area contributed by atoms with E-state index in [0.717, 1.165) is 42.1 Å². The number of benzene rings is 1. The van der Waals surface area contributed by atoms with Gasteiger partial charge in [-0.3, -0.25) is 5.32 Å². The summed E-state index contributed by atoms with van der Waals surface area (Å²) in [5.41, 5.74) is 7.76. The van der Waals surface area contributed by atoms with E-state index in [1.165, 1.54) is 0 Å². The number of aromatic nitrogens is 3. The minimum Gasteiger partial charge on any atom is -0.441 e. The molecule has 8 heteroatoms. The van der Waals surface area contributed by atoms with E-state index in [1.54, 1.807) is 6.20 Å². The molecule has 2 bridgehead atoms. The minimum atomic E-state index is -0.116. The summed E-state index contributed by atoms with van der Waals surface area (Å²) in [6, 6.07) is 8.13. The van der Waals surface area contributed by atoms with Crippen LogP contribution in [-0.2, 0) is 0 Å². The quantitative estimate of drug-likeness (QED) is 0.709. The van der Waals surface area contributed by atoms with Crippen LogP contribution in [0.4, 0.5) is 10.6 Å². The number of aryl methyl sites for hydroxylation is 1. The lowest BCUT2D eigenvalue weighted by molar-refractivity contribution is 0.150. The van der Waals surface area contributed by atoms with Gasteiger partial charge in [0, 0.05) is 36.0 Å². The average Bonchev–Trinajstić information content (AvgIpc) is 3.22. The number of piperidine rings is 1. The van der Waals surface area contributed by atoms with Crippen LogP contribution in [0.3, 0.4) is 0 Å². The molecule has 0 aliphatic carbocycles. The van der Waals surface area contributed by atoms with Gasteiger partial charge < -0.3 is 15.1 Å². The Kier molecular flexibility index (Phi) is 4.01. The second kappa shape index (κ2) is 6.56. The third-order valence-corrected chi connectivity index (χ3v) is 5.73. The van der Waals surface area contributed by atoms with E-state index in [-0.39, 0.29) is 24.2 Å². The largest absolute Gasteiger partial charge is 0.441 e. The van der Waals surface area contributed by atoms with Crippen molar-refractivity contribution in [3.8, 4) is 11.3 Å². The Bertz CT molecular complexity index is 1030. The first-order valence-electron chi connectivity index (χ1n) is 9.62. The molecule has 0 saturated carbocycles. The molecule has 2 aromatic heterocycles. The van der Waals surface area contributed by atoms with E-state index in [9.17, 15) is 4.79 Å². The van der Waals surface area contributed by atoms with Crippen molar-refractivity contribution >= 4 is 22.8 Å². The highest BCUT2D eigenvalue weighted by atomic mass is 16.4. The smallest absolute Gasteiger partial charge is 0.323 e. The molecule has 144 valence electrons. The third kappa shape index (κ3) is 2.99. The fourth-order valence-electron chi connectivity index (χ4n) is 4.48. The van der Waals surface area contributed by atoms with E-state index >= 15 is 0 Å². The van der Waals surface area contributed by atoms with Crippen LogP contribution in [0.1, 0.15) is 31.6 Å². The molecule has 0 spiro atoms. The molecule has 2 amide bonds. The lowest BCUT2D eigenvalue weighted by Gasteiger charge is -2.37. The van der Waals surface area contributed by atoms with E-state index in [0.29, 0.717) is 17.5 Å². The molecule has 2 aliphatic rings. The Morgan fingerprint density at radius 3 is 2.71 bits per heavy atom. The summed E-state index contributed by atoms with van der Waals surface area (Å²) in [7, 11) is 0. The van der Waals surface area contributed by atoms with Crippen molar-refractivity contribution in [1.29, 1.82) is 0 Å². The number of anilines is 1. The molecule has 28 heavy (non-hydrogen) atoms. The molecule has 0 radical (unpaired) electrons. The molecule has 3 aromatic rings. The molecule has 8 nitrogen and oxygen atoms in total. The van der Waals surface area contributed by atoms with Crippen molar-refractivity contribution in [3.05, 3.63) is 36.4 Å². The summed E-state index contributed by atoms with van der Waals surface area (Å²) in [5.74, 6) is 1.76. The highest BCUT2D eigenvalue weighted by Gasteiger charge is 2.42. The minimum absolute atomic E-state index is 0.116. The number of nitrogens with one attached hydrogen (secondary N) is 1. The number of amides is 2. The maximum absolute atomic E-state index is 12.8. The van der Waals surface area contributed by atoms with Crippen LogP contribution in [0.5, 0.6) is 0 Å². The Morgan fingerprint density at radius 1 is 1.21 bits per heavy atom. The van der Waals surface area contributed by atoms with Gasteiger partial charge in [0.2, 0.25) is 0 Å². The first-order chi connectivity index (χ1) is 13.6. The summed E-state index contributed by atoms with van der Waals surface area (Å²) in [6.07, 6.45) is 5.48. The molecule has 2 aliphatic heterocycles. The van der Waals surface area contributed by atoms with Crippen LogP contribution in [-0.4, -0.2) is 44.2 Å². The number of rotatable bonds is 2. The number of hydrogen-bond donors (Lipinski definition) is 2. The Labute approximate surface area is 162 Å². The molecular weight excluding hydrogens is 356 g/mol. The van der Waals surface area contributed by atoms with Crippen molar-refractivity contribution in [2.75, 3.05) is 5.32 Å². The first kappa shape index (κ1) is 17.1. The Morgan fingerprint density at radius 2 is 2.00 bits per heavy atom. The van der Waals surface area contributed by atoms with Crippen LogP contribution in [0.15, 0.2) is 34.9 Å². The van der Waals surface area contributed by atoms with Crippen LogP contribution in [0.25, 0.3) is 22.2 Å². The number of hydrogen-bond acceptors (Lipinski definition) is 6. The number of fused-ring (bicyclic) bond motifs is 3. The molecule has 5 rings (SSSR count). The molecule has 0 unspecified atom stereocenters. The fraction of sp³-hybridized carbons (Fsp3) is 0.400. The summed E-state index contributed by atoms with van der Waals surface area (Å²) >= 11 is 0. The number of nitrogens with zero attached hydrogens (tertiary/aromatic N) is 4. The topological polar surface area (TPSA) is 110 Å². The monoisotopic (exact) mass is 378 g/mol. The van der Waals surface area contributed by atoms with E-state index in [2.05, 4.69) is 20.5 Å². The van der Waals surface area contributed by atoms with Gasteiger partial charge in [0.15, 0.2) is 17.5 Å². The predicted molar refractivity (Wildman–Crippen MR) is 105 cm³/mol. The van der Waals surface area contributed by atoms with Gasteiger partial charge in [-0.25, -0.2) is 9.78 Å². The van der Waals surface area contributed by atoms with Gasteiger partial charge in [-0.2, -0.15) is 0 Å². The number of carbonyl (C=O) groups excluding carboxylic acids is 1. The SMILES string of the molecule is Cc1ncc(-c2ccc3nnc(NC(=O)N4[C@@H]5CC[C@H]4C[C@H](N)C5)cc3c2)o1. The van der Waals surface area contributed by atoms with Crippen molar-refractivity contribution in [2.24, 2.45) is 5.73 Å². The van der Waals surface area contributed by atoms with Crippen molar-refractivity contribution in [3.63, 3.8) is 0 Å². The maximum Gasteiger partial charge on any atom is 0.323 e. The zero-order chi connectivity index (χ0) is 19.3. The molecule has 3 atom stereocenters. The summed E-state index contributed by atoms with van der Waals surface area (Å²) in [5, 5.41) is 12.2. The van der Waals surface area contributed by atoms with E-state index < -0.39 is 0 Å². The molecule has 4 heterocycles. The normalized spacial score (nSPS) is 23.9. The standard InChI is InChI=1S/C20H22N6O2/c1-11-22-10-18(28-11)12-2-5-17-13(6-12)7-19(25-24-17)23-20(27)26-15-3-4-16(26)9-14(21)8-15/h2,5-7,10,14-16H,3-4,8-9,21H2,1H3,(H,23,25,27)/t14-,15-,16+. The maximum atomic E-state index is 12.8. The van der Waals surface area contributed by atoms with Crippen LogP contribution in [0.2, 0.25) is 0 Å². The highest BCUT2D eigenvalue weighted by Crippen LogP contribution is 2.35. The number of nitrogens with two attached hydrogens (primary N) is 1. The van der Waals surface area contributed by atoms with Crippen LogP contribution >= 0.6 is 0 Å². The number of carbonyl (C=O) groups is 1. The van der Waals surface area contributed by atoms with Gasteiger partial charge in [-0.1, -0.05) is 0 Å². The van der Waals surface area contributed by atoms with Crippen molar-refractivity contribution in [1.82, 2.24) is 20.1 Å². The lowest BCUT2D eigenvalue weighted by atomic mass is 9.99. The molecule has 1 aromatic carbocycles. The second-order valence-corrected chi connectivity index (χ2v) is 7.70. The lowest BCUT2D eigenvalue weighted by Crippen LogP contribution is -2.51. The van der Waals surface area contributed by atoms with Gasteiger partial charge in [-0.15, -0.1) is 10.2 Å². The third-order valence-electron chi connectivity index (χ3n) is 5.73. The molecule has 3 N–H and O–H groups in total. The second-order valence-electron chi connectivity index (χ2n) is 7.70. The van der Waals surface area contributed by atoms with Gasteiger partial charge in [0.05, 0.1) is 11.7 Å². The molecule has 2 fully saturated rings. The fourth-order valence-corrected chi connectivity index (χ4v) is 4.48. The first-order valence-corrected chi connectivity index (χ1v) is 9.62. The molecule has 2 saturated heterocycles. The zero-order valence-corrected chi connectivity index (χ0v) is 15.6. The summed E-state index contributed by atoms with van der Waals surface area (Å²) in [6.45, 7) is 1.81. The average molecular weight is 378 g/mol. The highest BCUT2D eigenvalue weighted by molar-refractivity contribution is 5.92. The van der Waals surface area contributed by atoms with Crippen LogP contribution in [0, 0.1) is 6.92 Å². The predicted octanol–water partition coefficient (Wildman–Crippen LogP) is 3.08. The molecular formula is C20H22N6O2. The summed E-state index contributed by atoms with van der Waals surface area (Å²) < 4.78 is 5.60. The number of urea groups is 1. The van der Waals surface area contributed by atoms with Crippen molar-refractivity contribution in [2.45, 2.75) is 50.7 Å². The Balaban J connectivity index is 1.39. The number of oxazole rings is 1.